The summed E-state index contributed by atoms with van der Waals surface area (Å²) >= 11 is 0. The summed E-state index contributed by atoms with van der Waals surface area (Å²) < 4.78 is 0. The summed E-state index contributed by atoms with van der Waals surface area (Å²) in [7, 11) is 1.75. The van der Waals surface area contributed by atoms with Gasteiger partial charge in [0.1, 0.15) is 0 Å². The molecule has 116 valence electrons. The number of hydrogen-bond acceptors (Lipinski definition) is 3. The first kappa shape index (κ1) is 15.8. The third kappa shape index (κ3) is 3.53. The van der Waals surface area contributed by atoms with Gasteiger partial charge in [-0.05, 0) is 58.5 Å². The predicted molar refractivity (Wildman–Crippen MR) is 82.7 cm³/mol. The minimum atomic E-state index is -0.175. The summed E-state index contributed by atoms with van der Waals surface area (Å²) in [5, 5.41) is 6.47. The zero-order valence-corrected chi connectivity index (χ0v) is 13.4. The topological polar surface area (TPSA) is 44.4 Å². The molecule has 2 aliphatic rings. The van der Waals surface area contributed by atoms with Crippen molar-refractivity contribution in [3.63, 3.8) is 0 Å². The molecule has 0 bridgehead atoms. The molecule has 1 aliphatic heterocycles. The standard InChI is InChI=1S/C16H31N3O/c1-4-10-18-13-5-7-14(8-6-13)19-11-9-16(2,12-19)15(20)17-3/h13-14,18H,4-12H2,1-3H3,(H,17,20). The molecule has 1 heterocycles. The molecule has 1 saturated carbocycles. The van der Waals surface area contributed by atoms with Crippen molar-refractivity contribution >= 4 is 5.91 Å². The summed E-state index contributed by atoms with van der Waals surface area (Å²) in [6.45, 7) is 7.50. The number of rotatable bonds is 5. The van der Waals surface area contributed by atoms with Gasteiger partial charge in [0.15, 0.2) is 0 Å². The molecule has 1 aliphatic carbocycles. The van der Waals surface area contributed by atoms with Crippen LogP contribution in [-0.2, 0) is 4.79 Å². The van der Waals surface area contributed by atoms with Gasteiger partial charge in [-0.25, -0.2) is 0 Å². The quantitative estimate of drug-likeness (QED) is 0.807. The largest absolute Gasteiger partial charge is 0.359 e. The van der Waals surface area contributed by atoms with E-state index in [4.69, 9.17) is 0 Å². The first-order chi connectivity index (χ1) is 9.59. The van der Waals surface area contributed by atoms with Crippen LogP contribution in [0.1, 0.15) is 52.4 Å². The average Bonchev–Trinajstić information content (AvgIpc) is 2.88. The van der Waals surface area contributed by atoms with E-state index in [1.54, 1.807) is 7.05 Å². The highest BCUT2D eigenvalue weighted by Gasteiger charge is 2.42. The minimum absolute atomic E-state index is 0.175. The predicted octanol–water partition coefficient (Wildman–Crippen LogP) is 1.76. The van der Waals surface area contributed by atoms with Crippen molar-refractivity contribution in [1.82, 2.24) is 15.5 Å². The molecule has 1 saturated heterocycles. The van der Waals surface area contributed by atoms with E-state index in [-0.39, 0.29) is 11.3 Å². The van der Waals surface area contributed by atoms with Gasteiger partial charge in [-0.3, -0.25) is 9.69 Å². The van der Waals surface area contributed by atoms with Crippen molar-refractivity contribution in [3.05, 3.63) is 0 Å². The Morgan fingerprint density at radius 1 is 1.30 bits per heavy atom. The number of nitrogens with zero attached hydrogens (tertiary/aromatic N) is 1. The van der Waals surface area contributed by atoms with Gasteiger partial charge in [0.05, 0.1) is 5.41 Å². The van der Waals surface area contributed by atoms with Gasteiger partial charge < -0.3 is 10.6 Å². The molecule has 4 heteroatoms. The molecule has 1 amide bonds. The van der Waals surface area contributed by atoms with Crippen LogP contribution in [0, 0.1) is 5.41 Å². The van der Waals surface area contributed by atoms with Gasteiger partial charge in [0, 0.05) is 25.7 Å². The molecule has 1 unspecified atom stereocenters. The molecular weight excluding hydrogens is 250 g/mol. The molecule has 4 nitrogen and oxygen atoms in total. The lowest BCUT2D eigenvalue weighted by Crippen LogP contribution is -2.44. The number of nitrogens with one attached hydrogen (secondary N) is 2. The van der Waals surface area contributed by atoms with Crippen LogP contribution in [-0.4, -0.2) is 49.6 Å². The minimum Gasteiger partial charge on any atom is -0.359 e. The molecular formula is C16H31N3O. The number of carbonyl (C=O) groups excluding carboxylic acids is 1. The summed E-state index contributed by atoms with van der Waals surface area (Å²) in [6, 6.07) is 1.42. The Balaban J connectivity index is 1.79. The lowest BCUT2D eigenvalue weighted by atomic mass is 9.88. The van der Waals surface area contributed by atoms with E-state index in [1.165, 1.54) is 32.1 Å². The highest BCUT2D eigenvalue weighted by molar-refractivity contribution is 5.82. The Hall–Kier alpha value is -0.610. The SMILES string of the molecule is CCCNC1CCC(N2CCC(C)(C(=O)NC)C2)CC1. The van der Waals surface area contributed by atoms with Crippen LogP contribution in [0.15, 0.2) is 0 Å². The van der Waals surface area contributed by atoms with E-state index in [1.807, 2.05) is 0 Å². The van der Waals surface area contributed by atoms with Gasteiger partial charge >= 0.3 is 0 Å². The Morgan fingerprint density at radius 3 is 2.60 bits per heavy atom. The van der Waals surface area contributed by atoms with Crippen molar-refractivity contribution in [1.29, 1.82) is 0 Å². The fraction of sp³-hybridized carbons (Fsp3) is 0.938. The van der Waals surface area contributed by atoms with Crippen LogP contribution in [0.4, 0.5) is 0 Å². The Labute approximate surface area is 123 Å². The first-order valence-electron chi connectivity index (χ1n) is 8.28. The third-order valence-electron chi connectivity index (χ3n) is 5.17. The molecule has 2 N–H and O–H groups in total. The van der Waals surface area contributed by atoms with E-state index in [0.29, 0.717) is 6.04 Å². The molecule has 2 fully saturated rings. The summed E-state index contributed by atoms with van der Waals surface area (Å²) in [5.41, 5.74) is -0.175. The molecule has 0 aromatic carbocycles. The highest BCUT2D eigenvalue weighted by atomic mass is 16.2. The summed E-state index contributed by atoms with van der Waals surface area (Å²) in [5.74, 6) is 0.207. The third-order valence-corrected chi connectivity index (χ3v) is 5.17. The molecule has 0 aromatic rings. The second kappa shape index (κ2) is 6.90. The molecule has 0 spiro atoms. The van der Waals surface area contributed by atoms with Gasteiger partial charge in [-0.1, -0.05) is 6.92 Å². The van der Waals surface area contributed by atoms with E-state index < -0.39 is 0 Å². The van der Waals surface area contributed by atoms with Crippen molar-refractivity contribution in [2.24, 2.45) is 5.41 Å². The number of carbonyl (C=O) groups is 1. The Kier molecular flexibility index (Phi) is 5.44. The monoisotopic (exact) mass is 281 g/mol. The van der Waals surface area contributed by atoms with E-state index in [0.717, 1.165) is 32.1 Å². The molecule has 2 rings (SSSR count). The van der Waals surface area contributed by atoms with Crippen LogP contribution in [0.2, 0.25) is 0 Å². The van der Waals surface area contributed by atoms with Crippen LogP contribution in [0.3, 0.4) is 0 Å². The average molecular weight is 281 g/mol. The summed E-state index contributed by atoms with van der Waals surface area (Å²) in [4.78, 5) is 14.5. The van der Waals surface area contributed by atoms with Gasteiger partial charge in [0.25, 0.3) is 0 Å². The maximum absolute atomic E-state index is 12.0. The van der Waals surface area contributed by atoms with Crippen LogP contribution < -0.4 is 10.6 Å². The van der Waals surface area contributed by atoms with E-state index in [9.17, 15) is 4.79 Å². The van der Waals surface area contributed by atoms with Crippen LogP contribution in [0.25, 0.3) is 0 Å². The van der Waals surface area contributed by atoms with E-state index >= 15 is 0 Å². The smallest absolute Gasteiger partial charge is 0.227 e. The summed E-state index contributed by atoms with van der Waals surface area (Å²) in [6.07, 6.45) is 7.36. The second-order valence-electron chi connectivity index (χ2n) is 6.82. The molecule has 0 radical (unpaired) electrons. The van der Waals surface area contributed by atoms with Crippen molar-refractivity contribution in [2.75, 3.05) is 26.7 Å². The van der Waals surface area contributed by atoms with Crippen LogP contribution in [0.5, 0.6) is 0 Å². The number of hydrogen-bond donors (Lipinski definition) is 2. The fourth-order valence-corrected chi connectivity index (χ4v) is 3.79. The van der Waals surface area contributed by atoms with Gasteiger partial charge in [-0.2, -0.15) is 0 Å². The van der Waals surface area contributed by atoms with Crippen LogP contribution >= 0.6 is 0 Å². The number of likely N-dealkylation sites (tertiary alicyclic amines) is 1. The normalized spacial score (nSPS) is 35.1. The Bertz CT molecular complexity index is 326. The van der Waals surface area contributed by atoms with Crippen molar-refractivity contribution < 1.29 is 4.79 Å². The van der Waals surface area contributed by atoms with E-state index in [2.05, 4.69) is 29.4 Å². The number of amides is 1. The first-order valence-corrected chi connectivity index (χ1v) is 8.28. The zero-order valence-electron chi connectivity index (χ0n) is 13.4. The molecule has 20 heavy (non-hydrogen) atoms. The second-order valence-corrected chi connectivity index (χ2v) is 6.82. The maximum Gasteiger partial charge on any atom is 0.227 e. The molecule has 0 aromatic heterocycles. The lowest BCUT2D eigenvalue weighted by molar-refractivity contribution is -0.129. The molecule has 1 atom stereocenters. The van der Waals surface area contributed by atoms with Crippen molar-refractivity contribution in [3.8, 4) is 0 Å². The van der Waals surface area contributed by atoms with Gasteiger partial charge in [-0.15, -0.1) is 0 Å². The van der Waals surface area contributed by atoms with Crippen molar-refractivity contribution in [2.45, 2.75) is 64.5 Å². The highest BCUT2D eigenvalue weighted by Crippen LogP contribution is 2.34. The maximum atomic E-state index is 12.0. The lowest BCUT2D eigenvalue weighted by Gasteiger charge is -2.35. The Morgan fingerprint density at radius 2 is 2.00 bits per heavy atom. The fourth-order valence-electron chi connectivity index (χ4n) is 3.79. The van der Waals surface area contributed by atoms with Gasteiger partial charge in [0.2, 0.25) is 5.91 Å². The zero-order chi connectivity index (χ0) is 14.6.